The summed E-state index contributed by atoms with van der Waals surface area (Å²) < 4.78 is 27.4. The molecule has 1 aliphatic rings. The van der Waals surface area contributed by atoms with Gasteiger partial charge in [0, 0.05) is 30.2 Å². The second-order valence-corrected chi connectivity index (χ2v) is 8.48. The number of nitrogens with one attached hydrogen (secondary N) is 1. The Balaban J connectivity index is 1.62. The van der Waals surface area contributed by atoms with Crippen molar-refractivity contribution in [1.29, 1.82) is 0 Å². The van der Waals surface area contributed by atoms with Crippen molar-refractivity contribution in [1.82, 2.24) is 4.72 Å². The average molecular weight is 393 g/mol. The van der Waals surface area contributed by atoms with Gasteiger partial charge in [0.15, 0.2) is 0 Å². The summed E-state index contributed by atoms with van der Waals surface area (Å²) in [5, 5.41) is 0.633. The first-order valence-electron chi connectivity index (χ1n) is 8.60. The Morgan fingerprint density at radius 1 is 1.08 bits per heavy atom. The summed E-state index contributed by atoms with van der Waals surface area (Å²) in [6.07, 6.45) is 2.99. The number of amides is 1. The van der Waals surface area contributed by atoms with E-state index >= 15 is 0 Å². The highest BCUT2D eigenvalue weighted by Crippen LogP contribution is 2.22. The highest BCUT2D eigenvalue weighted by Gasteiger charge is 2.20. The lowest BCUT2D eigenvalue weighted by Gasteiger charge is -2.26. The summed E-state index contributed by atoms with van der Waals surface area (Å²) >= 11 is 5.93. The molecule has 138 valence electrons. The standard InChI is InChI=1S/C19H21ClN2O3S/c20-16-5-3-4-15(14-16)11-12-21-26(24,25)18-9-7-17(8-10-18)22-13-2-1-6-19(22)23/h3-5,7-10,14,21H,1-2,6,11-13H2. The molecule has 1 fully saturated rings. The van der Waals surface area contributed by atoms with Crippen molar-refractivity contribution in [3.05, 3.63) is 59.1 Å². The first kappa shape index (κ1) is 18.9. The number of hydrogen-bond donors (Lipinski definition) is 1. The summed E-state index contributed by atoms with van der Waals surface area (Å²) in [6.45, 7) is 0.970. The van der Waals surface area contributed by atoms with Gasteiger partial charge in [-0.15, -0.1) is 0 Å². The number of rotatable bonds is 6. The van der Waals surface area contributed by atoms with Gasteiger partial charge in [-0.2, -0.15) is 0 Å². The molecule has 3 rings (SSSR count). The Morgan fingerprint density at radius 2 is 1.85 bits per heavy atom. The quantitative estimate of drug-likeness (QED) is 0.819. The third kappa shape index (κ3) is 4.63. The maximum absolute atomic E-state index is 12.4. The van der Waals surface area contributed by atoms with E-state index in [1.54, 1.807) is 35.2 Å². The number of anilines is 1. The van der Waals surface area contributed by atoms with Crippen LogP contribution in [-0.4, -0.2) is 27.4 Å². The topological polar surface area (TPSA) is 66.5 Å². The van der Waals surface area contributed by atoms with Gasteiger partial charge in [0.25, 0.3) is 0 Å². The summed E-state index contributed by atoms with van der Waals surface area (Å²) in [6, 6.07) is 13.8. The first-order chi connectivity index (χ1) is 12.5. The maximum atomic E-state index is 12.4. The van der Waals surface area contributed by atoms with Crippen LogP contribution in [0.15, 0.2) is 53.4 Å². The van der Waals surface area contributed by atoms with E-state index in [4.69, 9.17) is 11.6 Å². The van der Waals surface area contributed by atoms with Gasteiger partial charge in [-0.25, -0.2) is 13.1 Å². The predicted molar refractivity (Wildman–Crippen MR) is 103 cm³/mol. The highest BCUT2D eigenvalue weighted by molar-refractivity contribution is 7.89. The molecule has 0 bridgehead atoms. The molecule has 1 saturated heterocycles. The third-order valence-electron chi connectivity index (χ3n) is 4.38. The lowest BCUT2D eigenvalue weighted by Crippen LogP contribution is -2.35. The fourth-order valence-corrected chi connectivity index (χ4v) is 4.23. The summed E-state index contributed by atoms with van der Waals surface area (Å²) in [5.74, 6) is 0.0894. The van der Waals surface area contributed by atoms with E-state index in [-0.39, 0.29) is 17.3 Å². The van der Waals surface area contributed by atoms with Crippen molar-refractivity contribution in [3.8, 4) is 0 Å². The zero-order valence-corrected chi connectivity index (χ0v) is 15.9. The highest BCUT2D eigenvalue weighted by atomic mass is 35.5. The molecule has 0 aliphatic carbocycles. The van der Waals surface area contributed by atoms with Gasteiger partial charge in [-0.3, -0.25) is 4.79 Å². The summed E-state index contributed by atoms with van der Waals surface area (Å²) in [4.78, 5) is 13.9. The van der Waals surface area contributed by atoms with Gasteiger partial charge in [0.1, 0.15) is 0 Å². The van der Waals surface area contributed by atoms with E-state index in [2.05, 4.69) is 4.72 Å². The second-order valence-electron chi connectivity index (χ2n) is 6.27. The Kier molecular flexibility index (Phi) is 5.96. The lowest BCUT2D eigenvalue weighted by atomic mass is 10.1. The van der Waals surface area contributed by atoms with Crippen LogP contribution in [0.2, 0.25) is 5.02 Å². The fourth-order valence-electron chi connectivity index (χ4n) is 2.99. The van der Waals surface area contributed by atoms with E-state index < -0.39 is 10.0 Å². The monoisotopic (exact) mass is 392 g/mol. The molecule has 2 aromatic rings. The molecule has 26 heavy (non-hydrogen) atoms. The van der Waals surface area contributed by atoms with E-state index in [1.165, 1.54) is 0 Å². The number of sulfonamides is 1. The molecular formula is C19H21ClN2O3S. The van der Waals surface area contributed by atoms with Gasteiger partial charge in [0.2, 0.25) is 15.9 Å². The van der Waals surface area contributed by atoms with Crippen LogP contribution in [0.25, 0.3) is 0 Å². The van der Waals surface area contributed by atoms with E-state index in [0.717, 1.165) is 24.1 Å². The van der Waals surface area contributed by atoms with Crippen LogP contribution in [0.1, 0.15) is 24.8 Å². The number of hydrogen-bond acceptors (Lipinski definition) is 3. The van der Waals surface area contributed by atoms with Crippen LogP contribution in [0.3, 0.4) is 0 Å². The van der Waals surface area contributed by atoms with Crippen LogP contribution < -0.4 is 9.62 Å². The van der Waals surface area contributed by atoms with E-state index in [1.807, 2.05) is 18.2 Å². The second kappa shape index (κ2) is 8.20. The SMILES string of the molecule is O=C1CCCCN1c1ccc(S(=O)(=O)NCCc2cccc(Cl)c2)cc1. The normalized spacial score (nSPS) is 15.3. The molecule has 0 saturated carbocycles. The molecule has 2 aromatic carbocycles. The Bertz CT molecular complexity index is 882. The third-order valence-corrected chi connectivity index (χ3v) is 6.09. The summed E-state index contributed by atoms with van der Waals surface area (Å²) in [7, 11) is -3.59. The minimum absolute atomic E-state index is 0.0894. The minimum atomic E-state index is -3.59. The molecule has 0 spiro atoms. The van der Waals surface area contributed by atoms with Crippen molar-refractivity contribution < 1.29 is 13.2 Å². The number of halogens is 1. The van der Waals surface area contributed by atoms with Crippen LogP contribution >= 0.6 is 11.6 Å². The van der Waals surface area contributed by atoms with Crippen molar-refractivity contribution >= 4 is 33.2 Å². The Hall–Kier alpha value is -1.89. The van der Waals surface area contributed by atoms with Crippen molar-refractivity contribution in [2.75, 3.05) is 18.0 Å². The Labute approximate surface area is 159 Å². The molecule has 1 heterocycles. The molecule has 0 atom stereocenters. The smallest absolute Gasteiger partial charge is 0.240 e. The molecular weight excluding hydrogens is 372 g/mol. The molecule has 1 N–H and O–H groups in total. The molecule has 0 radical (unpaired) electrons. The van der Waals surface area contributed by atoms with Gasteiger partial charge >= 0.3 is 0 Å². The van der Waals surface area contributed by atoms with Crippen LogP contribution in [0.4, 0.5) is 5.69 Å². The predicted octanol–water partition coefficient (Wildman–Crippen LogP) is 3.38. The zero-order valence-electron chi connectivity index (χ0n) is 14.3. The van der Waals surface area contributed by atoms with E-state index in [9.17, 15) is 13.2 Å². The molecule has 0 aromatic heterocycles. The summed E-state index contributed by atoms with van der Waals surface area (Å²) in [5.41, 5.74) is 1.71. The number of carbonyl (C=O) groups excluding carboxylic acids is 1. The fraction of sp³-hybridized carbons (Fsp3) is 0.316. The first-order valence-corrected chi connectivity index (χ1v) is 10.5. The van der Waals surface area contributed by atoms with Crippen molar-refractivity contribution in [2.24, 2.45) is 0 Å². The number of carbonyl (C=O) groups is 1. The zero-order chi connectivity index (χ0) is 18.6. The molecule has 0 unspecified atom stereocenters. The van der Waals surface area contributed by atoms with Crippen molar-refractivity contribution in [3.63, 3.8) is 0 Å². The van der Waals surface area contributed by atoms with Crippen LogP contribution in [0, 0.1) is 0 Å². The molecule has 5 nitrogen and oxygen atoms in total. The minimum Gasteiger partial charge on any atom is -0.312 e. The average Bonchev–Trinajstić information content (AvgIpc) is 2.62. The van der Waals surface area contributed by atoms with Gasteiger partial charge in [-0.05, 0) is 61.2 Å². The largest absolute Gasteiger partial charge is 0.312 e. The molecule has 1 amide bonds. The van der Waals surface area contributed by atoms with Crippen LogP contribution in [-0.2, 0) is 21.2 Å². The van der Waals surface area contributed by atoms with Crippen molar-refractivity contribution in [2.45, 2.75) is 30.6 Å². The van der Waals surface area contributed by atoms with E-state index in [0.29, 0.717) is 24.4 Å². The van der Waals surface area contributed by atoms with Gasteiger partial charge in [-0.1, -0.05) is 23.7 Å². The van der Waals surface area contributed by atoms with Gasteiger partial charge < -0.3 is 4.90 Å². The maximum Gasteiger partial charge on any atom is 0.240 e. The number of nitrogens with zero attached hydrogens (tertiary/aromatic N) is 1. The van der Waals surface area contributed by atoms with Crippen LogP contribution in [0.5, 0.6) is 0 Å². The number of benzene rings is 2. The number of piperidine rings is 1. The lowest BCUT2D eigenvalue weighted by molar-refractivity contribution is -0.119. The Morgan fingerprint density at radius 3 is 2.54 bits per heavy atom. The molecule has 1 aliphatic heterocycles. The van der Waals surface area contributed by atoms with Gasteiger partial charge in [0.05, 0.1) is 4.90 Å². The molecule has 7 heteroatoms.